The van der Waals surface area contributed by atoms with Crippen LogP contribution < -0.4 is 11.1 Å². The number of carbonyl (C=O) groups excluding carboxylic acids is 1. The predicted molar refractivity (Wildman–Crippen MR) is 99.0 cm³/mol. The second-order valence-corrected chi connectivity index (χ2v) is 6.85. The van der Waals surface area contributed by atoms with Crippen molar-refractivity contribution < 1.29 is 4.79 Å². The average molecular weight is 339 g/mol. The Balaban J connectivity index is 0.00000264. The summed E-state index contributed by atoms with van der Waals surface area (Å²) in [6, 6.07) is 8.92. The van der Waals surface area contributed by atoms with Gasteiger partial charge in [0.25, 0.3) is 0 Å². The van der Waals surface area contributed by atoms with Gasteiger partial charge in [0, 0.05) is 12.5 Å². The van der Waals surface area contributed by atoms with Gasteiger partial charge in [0.1, 0.15) is 0 Å². The molecule has 0 radical (unpaired) electrons. The fourth-order valence-electron chi connectivity index (χ4n) is 3.29. The molecule has 2 rings (SSSR count). The lowest BCUT2D eigenvalue weighted by molar-refractivity contribution is -0.122. The molecule has 130 valence electrons. The minimum absolute atomic E-state index is 0. The highest BCUT2D eigenvalue weighted by Crippen LogP contribution is 2.23. The Morgan fingerprint density at radius 3 is 2.48 bits per heavy atom. The summed E-state index contributed by atoms with van der Waals surface area (Å²) in [6.07, 6.45) is 6.06. The topological polar surface area (TPSA) is 55.1 Å². The van der Waals surface area contributed by atoms with Crippen molar-refractivity contribution in [2.75, 3.05) is 6.54 Å². The molecule has 2 atom stereocenters. The SMILES string of the molecule is CC(C)c1ccc(CCC(=O)NC2CCCCC2CN)cc1.Cl. The number of carbonyl (C=O) groups is 1. The monoisotopic (exact) mass is 338 g/mol. The molecule has 2 unspecified atom stereocenters. The van der Waals surface area contributed by atoms with Crippen molar-refractivity contribution in [3.63, 3.8) is 0 Å². The van der Waals surface area contributed by atoms with Gasteiger partial charge in [0.05, 0.1) is 0 Å². The van der Waals surface area contributed by atoms with Gasteiger partial charge < -0.3 is 11.1 Å². The highest BCUT2D eigenvalue weighted by Gasteiger charge is 2.24. The molecule has 0 aromatic heterocycles. The van der Waals surface area contributed by atoms with Crippen molar-refractivity contribution in [1.82, 2.24) is 5.32 Å². The predicted octanol–water partition coefficient (Wildman–Crippen LogP) is 3.80. The molecule has 1 fully saturated rings. The molecule has 1 aliphatic carbocycles. The van der Waals surface area contributed by atoms with Crippen molar-refractivity contribution in [3.05, 3.63) is 35.4 Å². The average Bonchev–Trinajstić information content (AvgIpc) is 2.54. The lowest BCUT2D eigenvalue weighted by Crippen LogP contribution is -2.44. The van der Waals surface area contributed by atoms with Crippen molar-refractivity contribution in [2.24, 2.45) is 11.7 Å². The van der Waals surface area contributed by atoms with Crippen molar-refractivity contribution >= 4 is 18.3 Å². The largest absolute Gasteiger partial charge is 0.353 e. The third-order valence-corrected chi connectivity index (χ3v) is 4.85. The second-order valence-electron chi connectivity index (χ2n) is 6.85. The van der Waals surface area contributed by atoms with Gasteiger partial charge in [0.2, 0.25) is 5.91 Å². The van der Waals surface area contributed by atoms with Crippen LogP contribution in [0.1, 0.15) is 63.0 Å². The van der Waals surface area contributed by atoms with E-state index in [1.807, 2.05) is 0 Å². The Morgan fingerprint density at radius 2 is 1.87 bits per heavy atom. The summed E-state index contributed by atoms with van der Waals surface area (Å²) in [7, 11) is 0. The van der Waals surface area contributed by atoms with Crippen molar-refractivity contribution in [1.29, 1.82) is 0 Å². The van der Waals surface area contributed by atoms with Gasteiger partial charge in [-0.3, -0.25) is 4.79 Å². The third-order valence-electron chi connectivity index (χ3n) is 4.85. The Hall–Kier alpha value is -1.06. The van der Waals surface area contributed by atoms with Gasteiger partial charge in [-0.2, -0.15) is 0 Å². The van der Waals surface area contributed by atoms with E-state index in [1.165, 1.54) is 24.0 Å². The zero-order valence-corrected chi connectivity index (χ0v) is 15.2. The van der Waals surface area contributed by atoms with Gasteiger partial charge in [-0.15, -0.1) is 12.4 Å². The Kier molecular flexibility index (Phi) is 8.64. The third kappa shape index (κ3) is 6.15. The standard InChI is InChI=1S/C19H30N2O.ClH/c1-14(2)16-10-7-15(8-11-16)9-12-19(22)21-18-6-4-3-5-17(18)13-20;/h7-8,10-11,14,17-18H,3-6,9,12-13,20H2,1-2H3,(H,21,22);1H. The number of rotatable bonds is 6. The molecule has 1 aliphatic rings. The molecular weight excluding hydrogens is 308 g/mol. The maximum Gasteiger partial charge on any atom is 0.220 e. The van der Waals surface area contributed by atoms with Gasteiger partial charge in [0.15, 0.2) is 0 Å². The fraction of sp³-hybridized carbons (Fsp3) is 0.632. The second kappa shape index (κ2) is 9.94. The molecule has 1 saturated carbocycles. The smallest absolute Gasteiger partial charge is 0.220 e. The van der Waals surface area contributed by atoms with Crippen LogP contribution in [-0.2, 0) is 11.2 Å². The lowest BCUT2D eigenvalue weighted by atomic mass is 9.84. The fourth-order valence-corrected chi connectivity index (χ4v) is 3.29. The summed E-state index contributed by atoms with van der Waals surface area (Å²) in [5.74, 6) is 1.18. The molecule has 0 saturated heterocycles. The minimum Gasteiger partial charge on any atom is -0.353 e. The van der Waals surface area contributed by atoms with Crippen LogP contribution in [0, 0.1) is 5.92 Å². The van der Waals surface area contributed by atoms with Crippen molar-refractivity contribution in [3.8, 4) is 0 Å². The van der Waals surface area contributed by atoms with Crippen molar-refractivity contribution in [2.45, 2.75) is 64.3 Å². The first-order valence-corrected chi connectivity index (χ1v) is 8.68. The maximum atomic E-state index is 12.2. The molecule has 0 heterocycles. The van der Waals surface area contributed by atoms with E-state index in [2.05, 4.69) is 43.4 Å². The van der Waals surface area contributed by atoms with E-state index in [-0.39, 0.29) is 24.4 Å². The van der Waals surface area contributed by atoms with Crippen LogP contribution in [0.25, 0.3) is 0 Å². The van der Waals surface area contributed by atoms with Crippen LogP contribution in [-0.4, -0.2) is 18.5 Å². The molecule has 1 aromatic rings. The molecule has 23 heavy (non-hydrogen) atoms. The minimum atomic E-state index is 0. The van der Waals surface area contributed by atoms with Crippen LogP contribution in [0.3, 0.4) is 0 Å². The highest BCUT2D eigenvalue weighted by molar-refractivity contribution is 5.85. The van der Waals surface area contributed by atoms with Crippen LogP contribution in [0.4, 0.5) is 0 Å². The van der Waals surface area contributed by atoms with E-state index in [1.54, 1.807) is 0 Å². The number of hydrogen-bond acceptors (Lipinski definition) is 2. The van der Waals surface area contributed by atoms with Crippen LogP contribution >= 0.6 is 12.4 Å². The highest BCUT2D eigenvalue weighted by atomic mass is 35.5. The number of hydrogen-bond donors (Lipinski definition) is 2. The Morgan fingerprint density at radius 1 is 1.22 bits per heavy atom. The quantitative estimate of drug-likeness (QED) is 0.829. The first-order chi connectivity index (χ1) is 10.6. The number of amides is 1. The van der Waals surface area contributed by atoms with Crippen LogP contribution in [0.5, 0.6) is 0 Å². The van der Waals surface area contributed by atoms with Gasteiger partial charge in [-0.1, -0.05) is 51.0 Å². The summed E-state index contributed by atoms with van der Waals surface area (Å²) >= 11 is 0. The molecule has 3 nitrogen and oxygen atoms in total. The number of aryl methyl sites for hydroxylation is 1. The maximum absolute atomic E-state index is 12.2. The summed E-state index contributed by atoms with van der Waals surface area (Å²) in [4.78, 5) is 12.2. The molecule has 3 N–H and O–H groups in total. The zero-order chi connectivity index (χ0) is 15.9. The summed E-state index contributed by atoms with van der Waals surface area (Å²) in [6.45, 7) is 5.07. The number of nitrogens with two attached hydrogens (primary N) is 1. The van der Waals surface area contributed by atoms with Crippen LogP contribution in [0.2, 0.25) is 0 Å². The van der Waals surface area contributed by atoms with E-state index in [0.29, 0.717) is 24.8 Å². The van der Waals surface area contributed by atoms with Gasteiger partial charge in [-0.05, 0) is 48.8 Å². The van der Waals surface area contributed by atoms with E-state index < -0.39 is 0 Å². The summed E-state index contributed by atoms with van der Waals surface area (Å²) in [5.41, 5.74) is 8.40. The van der Waals surface area contributed by atoms with Gasteiger partial charge in [-0.25, -0.2) is 0 Å². The van der Waals surface area contributed by atoms with E-state index in [0.717, 1.165) is 19.3 Å². The Labute approximate surface area is 146 Å². The number of benzene rings is 1. The lowest BCUT2D eigenvalue weighted by Gasteiger charge is -2.31. The van der Waals surface area contributed by atoms with E-state index >= 15 is 0 Å². The first kappa shape index (κ1) is 20.0. The Bertz CT molecular complexity index is 473. The number of halogens is 1. The molecule has 0 aliphatic heterocycles. The summed E-state index contributed by atoms with van der Waals surface area (Å²) < 4.78 is 0. The van der Waals surface area contributed by atoms with E-state index in [9.17, 15) is 4.79 Å². The van der Waals surface area contributed by atoms with Crippen LogP contribution in [0.15, 0.2) is 24.3 Å². The summed E-state index contributed by atoms with van der Waals surface area (Å²) in [5, 5.41) is 3.20. The molecule has 0 bridgehead atoms. The molecular formula is C19H31ClN2O. The molecule has 1 amide bonds. The molecule has 0 spiro atoms. The molecule has 1 aromatic carbocycles. The first-order valence-electron chi connectivity index (χ1n) is 8.68. The number of nitrogens with one attached hydrogen (secondary N) is 1. The normalized spacial score (nSPS) is 20.9. The molecule has 4 heteroatoms. The zero-order valence-electron chi connectivity index (χ0n) is 14.4. The van der Waals surface area contributed by atoms with E-state index in [4.69, 9.17) is 5.73 Å². The van der Waals surface area contributed by atoms with Gasteiger partial charge >= 0.3 is 0 Å².